The van der Waals surface area contributed by atoms with E-state index >= 15 is 0 Å². The molecule has 3 amide bonds. The van der Waals surface area contributed by atoms with Gasteiger partial charge in [-0.1, -0.05) is 11.8 Å². The molecule has 9 heteroatoms. The Balaban J connectivity index is 1.14. The minimum absolute atomic E-state index is 0.00197. The van der Waals surface area contributed by atoms with Crippen molar-refractivity contribution in [2.75, 3.05) is 24.2 Å². The third-order valence-electron chi connectivity index (χ3n) is 6.45. The second-order valence-corrected chi connectivity index (χ2v) is 9.22. The van der Waals surface area contributed by atoms with Crippen LogP contribution in [0.4, 0.5) is 10.5 Å². The number of carbonyl (C=O) groups excluding carboxylic acids is 3. The third-order valence-corrected chi connectivity index (χ3v) is 7.33. The number of thioether (sulfide) groups is 1. The van der Waals surface area contributed by atoms with E-state index in [0.29, 0.717) is 18.8 Å². The van der Waals surface area contributed by atoms with Crippen LogP contribution >= 0.6 is 11.8 Å². The highest BCUT2D eigenvalue weighted by molar-refractivity contribution is 8.14. The van der Waals surface area contributed by atoms with Crippen molar-refractivity contribution >= 4 is 34.5 Å². The summed E-state index contributed by atoms with van der Waals surface area (Å²) in [5, 5.41) is 9.82. The fourth-order valence-electron chi connectivity index (χ4n) is 4.53. The van der Waals surface area contributed by atoms with Gasteiger partial charge in [0.25, 0.3) is 5.24 Å². The molecular formula is C21H23N5O3S. The molecule has 1 unspecified atom stereocenters. The van der Waals surface area contributed by atoms with Crippen LogP contribution in [0.2, 0.25) is 0 Å². The predicted octanol–water partition coefficient (Wildman–Crippen LogP) is 2.26. The Morgan fingerprint density at radius 2 is 1.97 bits per heavy atom. The maximum Gasteiger partial charge on any atom is 0.279 e. The summed E-state index contributed by atoms with van der Waals surface area (Å²) in [6, 6.07) is 9.09. The summed E-state index contributed by atoms with van der Waals surface area (Å²) in [7, 11) is 0. The van der Waals surface area contributed by atoms with Gasteiger partial charge < -0.3 is 15.5 Å². The molecule has 3 fully saturated rings. The highest BCUT2D eigenvalue weighted by Crippen LogP contribution is 2.59. The average molecular weight is 426 g/mol. The van der Waals surface area contributed by atoms with Gasteiger partial charge in [0.1, 0.15) is 6.04 Å². The number of carbonyl (C=O) groups is 3. The minimum atomic E-state index is -0.403. The molecular weight excluding hydrogens is 402 g/mol. The first-order valence-corrected chi connectivity index (χ1v) is 11.2. The van der Waals surface area contributed by atoms with Crippen LogP contribution in [0.15, 0.2) is 42.7 Å². The lowest BCUT2D eigenvalue weighted by molar-refractivity contribution is -0.134. The Kier molecular flexibility index (Phi) is 4.77. The van der Waals surface area contributed by atoms with Gasteiger partial charge >= 0.3 is 0 Å². The smallest absolute Gasteiger partial charge is 0.279 e. The molecule has 1 aromatic heterocycles. The van der Waals surface area contributed by atoms with E-state index in [0.717, 1.165) is 42.4 Å². The van der Waals surface area contributed by atoms with Gasteiger partial charge in [0.2, 0.25) is 11.8 Å². The van der Waals surface area contributed by atoms with Gasteiger partial charge in [-0.25, -0.2) is 4.68 Å². The molecule has 156 valence electrons. The van der Waals surface area contributed by atoms with Crippen LogP contribution in [0.3, 0.4) is 0 Å². The Hall–Kier alpha value is -2.81. The van der Waals surface area contributed by atoms with Gasteiger partial charge in [-0.05, 0) is 55.0 Å². The van der Waals surface area contributed by atoms with Crippen LogP contribution in [0.25, 0.3) is 5.69 Å². The summed E-state index contributed by atoms with van der Waals surface area (Å²) in [4.78, 5) is 38.5. The Morgan fingerprint density at radius 3 is 2.60 bits per heavy atom. The minimum Gasteiger partial charge on any atom is -0.341 e. The molecule has 1 spiro atoms. The number of likely N-dealkylation sites (tertiary alicyclic amines) is 1. The van der Waals surface area contributed by atoms with Gasteiger partial charge in [0, 0.05) is 42.8 Å². The lowest BCUT2D eigenvalue weighted by atomic mass is 9.90. The number of aromatic nitrogens is 2. The summed E-state index contributed by atoms with van der Waals surface area (Å²) in [5.74, 6) is 0.564. The van der Waals surface area contributed by atoms with Gasteiger partial charge in [-0.2, -0.15) is 5.10 Å². The predicted molar refractivity (Wildman–Crippen MR) is 113 cm³/mol. The molecule has 2 aliphatic heterocycles. The van der Waals surface area contributed by atoms with E-state index in [9.17, 15) is 14.4 Å². The number of rotatable bonds is 4. The summed E-state index contributed by atoms with van der Waals surface area (Å²) < 4.78 is 1.77. The summed E-state index contributed by atoms with van der Waals surface area (Å²) in [5.41, 5.74) is 1.73. The Labute approximate surface area is 178 Å². The molecule has 5 rings (SSSR count). The summed E-state index contributed by atoms with van der Waals surface area (Å²) in [6.45, 7) is 1.30. The van der Waals surface area contributed by atoms with E-state index in [-0.39, 0.29) is 28.4 Å². The first-order chi connectivity index (χ1) is 14.5. The fraction of sp³-hybridized carbons (Fsp3) is 0.429. The van der Waals surface area contributed by atoms with Crippen LogP contribution in [-0.2, 0) is 9.59 Å². The largest absolute Gasteiger partial charge is 0.341 e. The maximum absolute atomic E-state index is 12.8. The quantitative estimate of drug-likeness (QED) is 0.783. The second kappa shape index (κ2) is 7.46. The van der Waals surface area contributed by atoms with Crippen molar-refractivity contribution in [3.8, 4) is 5.69 Å². The molecule has 0 bridgehead atoms. The van der Waals surface area contributed by atoms with Gasteiger partial charge in [-0.15, -0.1) is 0 Å². The summed E-state index contributed by atoms with van der Waals surface area (Å²) >= 11 is 1.16. The van der Waals surface area contributed by atoms with Crippen molar-refractivity contribution in [3.05, 3.63) is 42.7 Å². The van der Waals surface area contributed by atoms with Crippen LogP contribution < -0.4 is 10.6 Å². The zero-order chi connectivity index (χ0) is 20.7. The standard InChI is InChI=1S/C21H23N5O3S/c27-18(23-14-2-4-15(5-3-14)26-9-1-8-22-26)16-12-21(16)6-10-25(11-7-21)19(28)17-13-30-20(29)24-17/h1-5,8-9,16-17H,6-7,10-13H2,(H,23,27)(H,24,29)/t16?,17-/m0/s1. The van der Waals surface area contributed by atoms with E-state index in [1.807, 2.05) is 41.4 Å². The van der Waals surface area contributed by atoms with Crippen molar-refractivity contribution in [1.29, 1.82) is 0 Å². The average Bonchev–Trinajstić information content (AvgIpc) is 3.12. The molecule has 2 atom stereocenters. The van der Waals surface area contributed by atoms with Crippen LogP contribution in [0.1, 0.15) is 19.3 Å². The number of piperidine rings is 1. The zero-order valence-electron chi connectivity index (χ0n) is 16.4. The number of amides is 3. The van der Waals surface area contributed by atoms with E-state index in [2.05, 4.69) is 15.7 Å². The highest BCUT2D eigenvalue weighted by Gasteiger charge is 2.58. The number of anilines is 1. The molecule has 2 N–H and O–H groups in total. The number of hydrogen-bond acceptors (Lipinski definition) is 5. The van der Waals surface area contributed by atoms with E-state index < -0.39 is 6.04 Å². The monoisotopic (exact) mass is 425 g/mol. The first kappa shape index (κ1) is 19.2. The van der Waals surface area contributed by atoms with Gasteiger partial charge in [0.15, 0.2) is 0 Å². The number of nitrogens with zero attached hydrogens (tertiary/aromatic N) is 3. The van der Waals surface area contributed by atoms with Crippen LogP contribution in [0.5, 0.6) is 0 Å². The molecule has 0 radical (unpaired) electrons. The Bertz CT molecular complexity index is 967. The number of benzene rings is 1. The normalized spacial score (nSPS) is 24.5. The van der Waals surface area contributed by atoms with Crippen molar-refractivity contribution in [2.45, 2.75) is 25.3 Å². The van der Waals surface area contributed by atoms with Crippen molar-refractivity contribution in [2.24, 2.45) is 11.3 Å². The van der Waals surface area contributed by atoms with Gasteiger partial charge in [-0.3, -0.25) is 14.4 Å². The Morgan fingerprint density at radius 1 is 1.20 bits per heavy atom. The SMILES string of the molecule is O=C1N[C@H](C(=O)N2CCC3(CC2)CC3C(=O)Nc2ccc(-n3cccn3)cc2)CS1. The number of nitrogens with one attached hydrogen (secondary N) is 2. The highest BCUT2D eigenvalue weighted by atomic mass is 32.2. The molecule has 2 saturated heterocycles. The molecule has 8 nitrogen and oxygen atoms in total. The molecule has 1 saturated carbocycles. The van der Waals surface area contributed by atoms with Gasteiger partial charge in [0.05, 0.1) is 5.69 Å². The van der Waals surface area contributed by atoms with Crippen molar-refractivity contribution in [1.82, 2.24) is 20.0 Å². The van der Waals surface area contributed by atoms with E-state index in [4.69, 9.17) is 0 Å². The molecule has 2 aromatic rings. The molecule has 1 aliphatic carbocycles. The maximum atomic E-state index is 12.8. The van der Waals surface area contributed by atoms with Crippen molar-refractivity contribution in [3.63, 3.8) is 0 Å². The molecule has 3 aliphatic rings. The number of hydrogen-bond donors (Lipinski definition) is 2. The van der Waals surface area contributed by atoms with E-state index in [1.54, 1.807) is 10.9 Å². The lowest BCUT2D eigenvalue weighted by Crippen LogP contribution is -2.49. The molecule has 30 heavy (non-hydrogen) atoms. The topological polar surface area (TPSA) is 96.3 Å². The zero-order valence-corrected chi connectivity index (χ0v) is 17.2. The third kappa shape index (κ3) is 3.58. The summed E-state index contributed by atoms with van der Waals surface area (Å²) in [6.07, 6.45) is 6.15. The van der Waals surface area contributed by atoms with E-state index in [1.165, 1.54) is 0 Å². The van der Waals surface area contributed by atoms with Crippen LogP contribution in [0, 0.1) is 11.3 Å². The molecule has 3 heterocycles. The lowest BCUT2D eigenvalue weighted by Gasteiger charge is -2.34. The van der Waals surface area contributed by atoms with Crippen LogP contribution in [-0.4, -0.2) is 56.6 Å². The second-order valence-electron chi connectivity index (χ2n) is 8.23. The first-order valence-electron chi connectivity index (χ1n) is 10.2. The molecule has 1 aromatic carbocycles. The van der Waals surface area contributed by atoms with Crippen molar-refractivity contribution < 1.29 is 14.4 Å². The fourth-order valence-corrected chi connectivity index (χ4v) is 5.30.